The van der Waals surface area contributed by atoms with E-state index in [0.717, 1.165) is 0 Å². The maximum absolute atomic E-state index is 13.6. The van der Waals surface area contributed by atoms with Gasteiger partial charge in [0.1, 0.15) is 5.82 Å². The Kier molecular flexibility index (Phi) is 5.89. The zero-order valence-electron chi connectivity index (χ0n) is 12.2. The van der Waals surface area contributed by atoms with Gasteiger partial charge >= 0.3 is 5.97 Å². The maximum Gasteiger partial charge on any atom is 0.308 e. The van der Waals surface area contributed by atoms with E-state index in [0.29, 0.717) is 10.9 Å². The minimum Gasteiger partial charge on any atom is -0.481 e. The monoisotopic (exact) mass is 359 g/mol. The lowest BCUT2D eigenvalue weighted by Crippen LogP contribution is -2.35. The van der Waals surface area contributed by atoms with Gasteiger partial charge in [-0.25, -0.2) is 4.39 Å². The lowest BCUT2D eigenvalue weighted by atomic mass is 9.84. The summed E-state index contributed by atoms with van der Waals surface area (Å²) in [5, 5.41) is 11.7. The second kappa shape index (κ2) is 7.02. The molecule has 0 radical (unpaired) electrons. The van der Waals surface area contributed by atoms with E-state index in [1.807, 2.05) is 20.8 Å². The minimum atomic E-state index is -0.974. The van der Waals surface area contributed by atoms with E-state index in [2.05, 4.69) is 21.2 Å². The minimum absolute atomic E-state index is 0.0355. The highest BCUT2D eigenvalue weighted by Gasteiger charge is 2.26. The highest BCUT2D eigenvalue weighted by Crippen LogP contribution is 2.24. The molecule has 0 aliphatic heterocycles. The lowest BCUT2D eigenvalue weighted by Gasteiger charge is -2.23. The molecule has 0 heterocycles. The molecule has 1 aromatic rings. The van der Waals surface area contributed by atoms with E-state index in [1.54, 1.807) is 6.07 Å². The van der Waals surface area contributed by atoms with E-state index in [9.17, 15) is 19.1 Å². The van der Waals surface area contributed by atoms with Crippen LogP contribution in [0.3, 0.4) is 0 Å². The summed E-state index contributed by atoms with van der Waals surface area (Å²) in [5.74, 6) is -2.96. The first-order chi connectivity index (χ1) is 9.61. The fraction of sp³-hybridized carbons (Fsp3) is 0.467. The van der Waals surface area contributed by atoms with Gasteiger partial charge in [0.05, 0.1) is 11.5 Å². The SMILES string of the molecule is CC(C)(C)CC(CNC(=O)c1c(F)cccc1Br)C(=O)O. The molecule has 1 unspecified atom stereocenters. The van der Waals surface area contributed by atoms with Crippen LogP contribution in [0, 0.1) is 17.2 Å². The van der Waals surface area contributed by atoms with Crippen LogP contribution in [0.2, 0.25) is 0 Å². The molecule has 4 nitrogen and oxygen atoms in total. The number of carbonyl (C=O) groups is 2. The van der Waals surface area contributed by atoms with Crippen molar-refractivity contribution in [3.8, 4) is 0 Å². The van der Waals surface area contributed by atoms with Crippen LogP contribution >= 0.6 is 15.9 Å². The number of carbonyl (C=O) groups excluding carboxylic acids is 1. The van der Waals surface area contributed by atoms with Crippen LogP contribution < -0.4 is 5.32 Å². The second-order valence-electron chi connectivity index (χ2n) is 6.11. The molecule has 0 aliphatic rings. The van der Waals surface area contributed by atoms with Crippen LogP contribution in [0.1, 0.15) is 37.6 Å². The summed E-state index contributed by atoms with van der Waals surface area (Å²) < 4.78 is 14.0. The van der Waals surface area contributed by atoms with Crippen molar-refractivity contribution in [2.24, 2.45) is 11.3 Å². The van der Waals surface area contributed by atoms with Crippen molar-refractivity contribution >= 4 is 27.8 Å². The quantitative estimate of drug-likeness (QED) is 0.845. The summed E-state index contributed by atoms with van der Waals surface area (Å²) in [6.07, 6.45) is 0.418. The van der Waals surface area contributed by atoms with Crippen LogP contribution in [-0.2, 0) is 4.79 Å². The van der Waals surface area contributed by atoms with Crippen molar-refractivity contribution < 1.29 is 19.1 Å². The molecule has 1 rings (SSSR count). The molecule has 0 aliphatic carbocycles. The number of halogens is 2. The molecule has 1 atom stereocenters. The highest BCUT2D eigenvalue weighted by molar-refractivity contribution is 9.10. The first-order valence-corrected chi connectivity index (χ1v) is 7.36. The van der Waals surface area contributed by atoms with Crippen molar-refractivity contribution in [2.45, 2.75) is 27.2 Å². The Balaban J connectivity index is 2.77. The van der Waals surface area contributed by atoms with Crippen LogP contribution in [0.5, 0.6) is 0 Å². The van der Waals surface area contributed by atoms with Crippen molar-refractivity contribution in [1.82, 2.24) is 5.32 Å². The third-order valence-electron chi connectivity index (χ3n) is 2.91. The zero-order chi connectivity index (χ0) is 16.2. The molecule has 0 saturated heterocycles. The molecule has 0 aromatic heterocycles. The summed E-state index contributed by atoms with van der Waals surface area (Å²) in [5.41, 5.74) is -0.288. The molecule has 0 spiro atoms. The molecule has 0 saturated carbocycles. The number of hydrogen-bond acceptors (Lipinski definition) is 2. The summed E-state index contributed by atoms with van der Waals surface area (Å²) in [6.45, 7) is 5.75. The Labute approximate surface area is 131 Å². The summed E-state index contributed by atoms with van der Waals surface area (Å²) >= 11 is 3.12. The molecule has 1 amide bonds. The Morgan fingerprint density at radius 2 is 2.00 bits per heavy atom. The van der Waals surface area contributed by atoms with E-state index < -0.39 is 23.6 Å². The van der Waals surface area contributed by atoms with Crippen LogP contribution in [0.25, 0.3) is 0 Å². The van der Waals surface area contributed by atoms with Crippen molar-refractivity contribution in [1.29, 1.82) is 0 Å². The van der Waals surface area contributed by atoms with Crippen molar-refractivity contribution in [2.75, 3.05) is 6.54 Å². The third kappa shape index (κ3) is 5.46. The molecular weight excluding hydrogens is 341 g/mol. The smallest absolute Gasteiger partial charge is 0.308 e. The standard InChI is InChI=1S/C15H19BrFNO3/c1-15(2,3)7-9(14(20)21)8-18-13(19)12-10(16)5-4-6-11(12)17/h4-6,9H,7-8H2,1-3H3,(H,18,19)(H,20,21). The van der Waals surface area contributed by atoms with E-state index in [-0.39, 0.29) is 17.5 Å². The average molecular weight is 360 g/mol. The number of carboxylic acids is 1. The highest BCUT2D eigenvalue weighted by atomic mass is 79.9. The van der Waals surface area contributed by atoms with E-state index in [4.69, 9.17) is 0 Å². The molecule has 0 bridgehead atoms. The second-order valence-corrected chi connectivity index (χ2v) is 6.96. The van der Waals surface area contributed by atoms with Crippen LogP contribution in [-0.4, -0.2) is 23.5 Å². The van der Waals surface area contributed by atoms with Crippen molar-refractivity contribution in [3.63, 3.8) is 0 Å². The predicted molar refractivity (Wildman–Crippen MR) is 81.6 cm³/mol. The first kappa shape index (κ1) is 17.6. The van der Waals surface area contributed by atoms with Gasteiger partial charge in [0.25, 0.3) is 5.91 Å². The van der Waals surface area contributed by atoms with Gasteiger partial charge in [0.2, 0.25) is 0 Å². The van der Waals surface area contributed by atoms with E-state index in [1.165, 1.54) is 12.1 Å². The third-order valence-corrected chi connectivity index (χ3v) is 3.57. The zero-order valence-corrected chi connectivity index (χ0v) is 13.8. The maximum atomic E-state index is 13.6. The molecule has 1 aromatic carbocycles. The average Bonchev–Trinajstić information content (AvgIpc) is 2.32. The van der Waals surface area contributed by atoms with E-state index >= 15 is 0 Å². The van der Waals surface area contributed by atoms with Gasteiger partial charge in [-0.2, -0.15) is 0 Å². The Hall–Kier alpha value is -1.43. The van der Waals surface area contributed by atoms with Gasteiger partial charge in [-0.15, -0.1) is 0 Å². The van der Waals surface area contributed by atoms with Crippen LogP contribution in [0.15, 0.2) is 22.7 Å². The van der Waals surface area contributed by atoms with Gasteiger partial charge in [-0.3, -0.25) is 9.59 Å². The molecule has 116 valence electrons. The number of nitrogens with one attached hydrogen (secondary N) is 1. The number of amides is 1. The van der Waals surface area contributed by atoms with Gasteiger partial charge in [0, 0.05) is 11.0 Å². The topological polar surface area (TPSA) is 66.4 Å². The van der Waals surface area contributed by atoms with Gasteiger partial charge in [-0.05, 0) is 39.9 Å². The Morgan fingerprint density at radius 1 is 1.38 bits per heavy atom. The molecule has 21 heavy (non-hydrogen) atoms. The molecule has 0 fully saturated rings. The summed E-state index contributed by atoms with van der Waals surface area (Å²) in [4.78, 5) is 23.2. The predicted octanol–water partition coefficient (Wildman–Crippen LogP) is 3.46. The number of rotatable bonds is 5. The summed E-state index contributed by atoms with van der Waals surface area (Å²) in [6, 6.07) is 4.22. The fourth-order valence-corrected chi connectivity index (χ4v) is 2.53. The first-order valence-electron chi connectivity index (χ1n) is 6.57. The number of benzene rings is 1. The molecular formula is C15H19BrFNO3. The fourth-order valence-electron chi connectivity index (χ4n) is 2.01. The van der Waals surface area contributed by atoms with Gasteiger partial charge < -0.3 is 10.4 Å². The molecule has 6 heteroatoms. The van der Waals surface area contributed by atoms with Gasteiger partial charge in [-0.1, -0.05) is 26.8 Å². The molecule has 2 N–H and O–H groups in total. The summed E-state index contributed by atoms with van der Waals surface area (Å²) in [7, 11) is 0. The lowest BCUT2D eigenvalue weighted by molar-refractivity contribution is -0.142. The number of aliphatic carboxylic acids is 1. The Morgan fingerprint density at radius 3 is 2.48 bits per heavy atom. The van der Waals surface area contributed by atoms with Crippen molar-refractivity contribution in [3.05, 3.63) is 34.1 Å². The largest absolute Gasteiger partial charge is 0.481 e. The number of hydrogen-bond donors (Lipinski definition) is 2. The normalized spacial score (nSPS) is 12.8. The van der Waals surface area contributed by atoms with Gasteiger partial charge in [0.15, 0.2) is 0 Å². The van der Waals surface area contributed by atoms with Crippen LogP contribution in [0.4, 0.5) is 4.39 Å². The number of carboxylic acid groups (broad SMARTS) is 1. The Bertz CT molecular complexity index is 520.